The molecule has 142 valence electrons. The van der Waals surface area contributed by atoms with Crippen LogP contribution in [0, 0.1) is 11.0 Å². The molecule has 1 unspecified atom stereocenters. The fourth-order valence-electron chi connectivity index (χ4n) is 3.18. The lowest BCUT2D eigenvalue weighted by Gasteiger charge is -2.36. The summed E-state index contributed by atoms with van der Waals surface area (Å²) >= 11 is 6.10. The fourth-order valence-corrected chi connectivity index (χ4v) is 3.35. The highest BCUT2D eigenvalue weighted by molar-refractivity contribution is 6.31. The summed E-state index contributed by atoms with van der Waals surface area (Å²) in [5, 5.41) is 15.6. The quantitative estimate of drug-likeness (QED) is 0.450. The van der Waals surface area contributed by atoms with Crippen molar-refractivity contribution in [3.05, 3.63) is 58.4 Å². The molecule has 1 fully saturated rings. The highest BCUT2D eigenvalue weighted by atomic mass is 35.5. The molecule has 2 heterocycles. The summed E-state index contributed by atoms with van der Waals surface area (Å²) < 4.78 is 13.2. The number of quaternary nitrogens is 1. The largest absolute Gasteiger partial charge is 0.602 e. The molecular weight excluding hydrogens is 357 g/mol. The van der Waals surface area contributed by atoms with Gasteiger partial charge in [0.2, 0.25) is 0 Å². The number of anilines is 1. The van der Waals surface area contributed by atoms with E-state index in [9.17, 15) is 9.60 Å². The first-order chi connectivity index (χ1) is 12.4. The van der Waals surface area contributed by atoms with Gasteiger partial charge in [-0.1, -0.05) is 23.7 Å². The number of piperazine rings is 1. The number of allylic oxidation sites excluding steroid dienone is 1. The molecule has 26 heavy (non-hydrogen) atoms. The zero-order valence-corrected chi connectivity index (χ0v) is 15.7. The molecule has 1 atom stereocenters. The number of nitrogens with zero attached hydrogens (tertiary/aromatic N) is 3. The first-order valence-corrected chi connectivity index (χ1v) is 9.22. The summed E-state index contributed by atoms with van der Waals surface area (Å²) in [7, 11) is 1.50. The van der Waals surface area contributed by atoms with E-state index < -0.39 is 4.76 Å². The predicted octanol–water partition coefficient (Wildman–Crippen LogP) is 2.31. The van der Waals surface area contributed by atoms with Crippen molar-refractivity contribution in [3.8, 4) is 0 Å². The minimum absolute atomic E-state index is 0.158. The summed E-state index contributed by atoms with van der Waals surface area (Å²) in [4.78, 5) is 4.47. The molecule has 2 aliphatic heterocycles. The first-order valence-electron chi connectivity index (χ1n) is 8.84. The molecular formula is C18H25ClFN5O. The van der Waals surface area contributed by atoms with E-state index in [1.165, 1.54) is 25.5 Å². The van der Waals surface area contributed by atoms with Crippen LogP contribution < -0.4 is 15.6 Å². The third-order valence-electron chi connectivity index (χ3n) is 4.61. The van der Waals surface area contributed by atoms with Gasteiger partial charge < -0.3 is 15.4 Å². The zero-order chi connectivity index (χ0) is 18.6. The van der Waals surface area contributed by atoms with Gasteiger partial charge >= 0.3 is 0 Å². The van der Waals surface area contributed by atoms with Crippen LogP contribution in [-0.4, -0.2) is 56.0 Å². The van der Waals surface area contributed by atoms with Crippen molar-refractivity contribution in [2.24, 2.45) is 0 Å². The van der Waals surface area contributed by atoms with Crippen molar-refractivity contribution in [2.75, 3.05) is 51.2 Å². The smallest absolute Gasteiger partial charge is 0.146 e. The molecule has 0 bridgehead atoms. The minimum atomic E-state index is -0.684. The summed E-state index contributed by atoms with van der Waals surface area (Å²) in [5.74, 6) is -0.158. The first kappa shape index (κ1) is 19.0. The van der Waals surface area contributed by atoms with E-state index in [0.29, 0.717) is 16.4 Å². The predicted molar refractivity (Wildman–Crippen MR) is 102 cm³/mol. The summed E-state index contributed by atoms with van der Waals surface area (Å²) in [6, 6.07) is 6.93. The second kappa shape index (κ2) is 8.26. The van der Waals surface area contributed by atoms with E-state index in [0.717, 1.165) is 45.7 Å². The number of halogens is 2. The fraction of sp³-hybridized carbons (Fsp3) is 0.444. The number of hydroxylamine groups is 2. The second-order valence-corrected chi connectivity index (χ2v) is 7.12. The van der Waals surface area contributed by atoms with E-state index >= 15 is 0 Å². The Balaban J connectivity index is 1.39. The van der Waals surface area contributed by atoms with Crippen molar-refractivity contribution >= 4 is 17.3 Å². The molecule has 6 nitrogen and oxygen atoms in total. The molecule has 3 rings (SSSR count). The topological polar surface area (TPSA) is 53.6 Å². The van der Waals surface area contributed by atoms with Gasteiger partial charge in [-0.15, -0.1) is 0 Å². The lowest BCUT2D eigenvalue weighted by Crippen LogP contribution is -2.47. The Kier molecular flexibility index (Phi) is 6.03. The second-order valence-electron chi connectivity index (χ2n) is 6.71. The highest BCUT2D eigenvalue weighted by Crippen LogP contribution is 2.20. The molecule has 1 aromatic rings. The molecule has 1 aromatic carbocycles. The van der Waals surface area contributed by atoms with Crippen LogP contribution in [0.15, 0.2) is 47.4 Å². The monoisotopic (exact) mass is 381 g/mol. The van der Waals surface area contributed by atoms with E-state index in [1.54, 1.807) is 6.07 Å². The number of para-hydroxylation sites is 1. The maximum Gasteiger partial charge on any atom is 0.146 e. The lowest BCUT2D eigenvalue weighted by molar-refractivity contribution is -0.850. The van der Waals surface area contributed by atoms with Crippen LogP contribution in [0.5, 0.6) is 0 Å². The van der Waals surface area contributed by atoms with Crippen molar-refractivity contribution in [2.45, 2.75) is 6.42 Å². The number of rotatable bonds is 6. The Morgan fingerprint density at radius 2 is 2.00 bits per heavy atom. The molecule has 8 heteroatoms. The number of hydrogen-bond acceptors (Lipinski definition) is 5. The van der Waals surface area contributed by atoms with Crippen LogP contribution in [0.4, 0.5) is 10.1 Å². The van der Waals surface area contributed by atoms with Gasteiger partial charge in [-0.2, -0.15) is 0 Å². The molecule has 0 amide bonds. The molecule has 0 radical (unpaired) electrons. The van der Waals surface area contributed by atoms with Gasteiger partial charge in [0.25, 0.3) is 0 Å². The molecule has 0 aliphatic carbocycles. The maximum absolute atomic E-state index is 13.9. The normalized spacial score (nSPS) is 23.9. The van der Waals surface area contributed by atoms with Gasteiger partial charge in [0.1, 0.15) is 17.7 Å². The Bertz CT molecular complexity index is 686. The number of nitrogens with one attached hydrogen (secondary N) is 2. The third-order valence-corrected chi connectivity index (χ3v) is 4.93. The van der Waals surface area contributed by atoms with E-state index in [2.05, 4.69) is 20.5 Å². The number of benzene rings is 1. The molecule has 0 saturated carbocycles. The molecule has 0 aromatic heterocycles. The minimum Gasteiger partial charge on any atom is -0.602 e. The lowest BCUT2D eigenvalue weighted by atomic mass is 10.2. The van der Waals surface area contributed by atoms with Crippen molar-refractivity contribution in [1.82, 2.24) is 15.6 Å². The average molecular weight is 382 g/mol. The van der Waals surface area contributed by atoms with Gasteiger partial charge in [0.05, 0.1) is 24.0 Å². The van der Waals surface area contributed by atoms with Crippen molar-refractivity contribution in [3.63, 3.8) is 0 Å². The molecule has 2 N–H and O–H groups in total. The average Bonchev–Trinajstić information content (AvgIpc) is 2.62. The van der Waals surface area contributed by atoms with Crippen LogP contribution in [-0.2, 0) is 0 Å². The summed E-state index contributed by atoms with van der Waals surface area (Å²) in [5.41, 5.74) is 3.98. The van der Waals surface area contributed by atoms with Crippen LogP contribution in [0.3, 0.4) is 0 Å². The van der Waals surface area contributed by atoms with Crippen LogP contribution in [0.25, 0.3) is 0 Å². The summed E-state index contributed by atoms with van der Waals surface area (Å²) in [6.45, 7) is 5.17. The van der Waals surface area contributed by atoms with Gasteiger partial charge in [0, 0.05) is 32.7 Å². The SMILES string of the molecule is C[N+]1([O-])C=C(NCCCN2CCN(c3ccccc3F)CC2)C(Cl)=CN1. The van der Waals surface area contributed by atoms with Crippen molar-refractivity contribution < 1.29 is 9.15 Å². The van der Waals surface area contributed by atoms with E-state index in [4.69, 9.17) is 11.6 Å². The maximum atomic E-state index is 13.9. The van der Waals surface area contributed by atoms with Crippen LogP contribution >= 0.6 is 11.6 Å². The zero-order valence-electron chi connectivity index (χ0n) is 14.9. The third kappa shape index (κ3) is 4.88. The van der Waals surface area contributed by atoms with Gasteiger partial charge in [-0.05, 0) is 25.1 Å². The number of hydrogen-bond donors (Lipinski definition) is 2. The Labute approximate surface area is 158 Å². The Hall–Kier alpha value is -1.80. The van der Waals surface area contributed by atoms with Gasteiger partial charge in [-0.3, -0.25) is 4.90 Å². The van der Waals surface area contributed by atoms with Gasteiger partial charge in [-0.25, -0.2) is 14.6 Å². The highest BCUT2D eigenvalue weighted by Gasteiger charge is 2.19. The summed E-state index contributed by atoms with van der Waals surface area (Å²) in [6.07, 6.45) is 3.96. The molecule has 0 spiro atoms. The standard InChI is InChI=1S/C18H25ClFN5O/c1-25(26)14-17(15(19)13-22-25)21-7-4-8-23-9-11-24(12-10-23)18-6-3-2-5-16(18)20/h2-3,5-6,13-14,21-22H,4,7-12H2,1H3. The van der Waals surface area contributed by atoms with Crippen molar-refractivity contribution in [1.29, 1.82) is 0 Å². The van der Waals surface area contributed by atoms with E-state index in [1.807, 2.05) is 12.1 Å². The Morgan fingerprint density at radius 3 is 2.73 bits per heavy atom. The Morgan fingerprint density at radius 1 is 1.27 bits per heavy atom. The molecule has 1 saturated heterocycles. The molecule has 2 aliphatic rings. The van der Waals surface area contributed by atoms with E-state index in [-0.39, 0.29) is 5.82 Å². The van der Waals surface area contributed by atoms with Crippen LogP contribution in [0.2, 0.25) is 0 Å². The van der Waals surface area contributed by atoms with Crippen LogP contribution in [0.1, 0.15) is 6.42 Å². The van der Waals surface area contributed by atoms with Gasteiger partial charge in [0.15, 0.2) is 0 Å².